The van der Waals surface area contributed by atoms with Crippen LogP contribution in [0.4, 0.5) is 0 Å². The van der Waals surface area contributed by atoms with Gasteiger partial charge in [-0.1, -0.05) is 0 Å². The van der Waals surface area contributed by atoms with Crippen molar-refractivity contribution in [1.29, 1.82) is 5.26 Å². The quantitative estimate of drug-likeness (QED) is 0.241. The molecule has 0 amide bonds. The molecule has 0 aromatic rings. The van der Waals surface area contributed by atoms with E-state index in [0.717, 1.165) is 19.9 Å². The van der Waals surface area contributed by atoms with Gasteiger partial charge in [0.2, 0.25) is 0 Å². The number of nitriles is 1. The van der Waals surface area contributed by atoms with E-state index in [1.165, 1.54) is 0 Å². The van der Waals surface area contributed by atoms with Gasteiger partial charge in [-0.2, -0.15) is 5.26 Å². The molecule has 0 rings (SSSR count). The van der Waals surface area contributed by atoms with Gasteiger partial charge in [0, 0.05) is 30.6 Å². The Balaban J connectivity index is -0.0000000216. The molecular formula is C6H10CoNNaO6. The number of hydrogen-bond donors (Lipinski definition) is 3. The molecule has 1 radical (unpaired) electrons. The van der Waals surface area contributed by atoms with Gasteiger partial charge in [0.1, 0.15) is 0 Å². The van der Waals surface area contributed by atoms with Crippen LogP contribution in [0.5, 0.6) is 0 Å². The monoisotopic (exact) mass is 274 g/mol. The number of hydrogen-bond acceptors (Lipinski definition) is 4. The molecule has 0 fully saturated rings. The minimum Gasteiger partial charge on any atom is -1.00 e. The molecule has 0 saturated heterocycles. The van der Waals surface area contributed by atoms with E-state index in [2.05, 4.69) is 0 Å². The van der Waals surface area contributed by atoms with Crippen LogP contribution in [0.2, 0.25) is 0 Å². The zero-order chi connectivity index (χ0) is 11.4. The Bertz CT molecular complexity index is 212. The fourth-order valence-corrected chi connectivity index (χ4v) is 0. The summed E-state index contributed by atoms with van der Waals surface area (Å²) in [4.78, 5) is 27.0. The number of carbonyl (C=O) groups is 3. The molecule has 85 valence electrons. The normalized spacial score (nSPS) is 5.13. The third kappa shape index (κ3) is 882. The smallest absolute Gasteiger partial charge is 1.00 e. The van der Waals surface area contributed by atoms with Crippen LogP contribution >= 0.6 is 0 Å². The van der Waals surface area contributed by atoms with Crippen molar-refractivity contribution in [1.82, 2.24) is 0 Å². The molecule has 0 aliphatic rings. The predicted molar refractivity (Wildman–Crippen MR) is 41.0 cm³/mol. The first-order chi connectivity index (χ1) is 5.73. The summed E-state index contributed by atoms with van der Waals surface area (Å²) in [6, 6.07) is 0.944. The summed E-state index contributed by atoms with van der Waals surface area (Å²) >= 11 is 0. The standard InChI is InChI=1S/C2HNO2.2C2H4O2.Co.Na.H/c3-1-2(4)5;2*1-2(3)4;;;/h(H,4,5);2*1H3,(H,3,4);;;/q;;;;+1;-1. The molecule has 15 heavy (non-hydrogen) atoms. The first-order valence-corrected chi connectivity index (χ1v) is 2.76. The Morgan fingerprint density at radius 2 is 1.13 bits per heavy atom. The molecule has 0 atom stereocenters. The van der Waals surface area contributed by atoms with E-state index in [1.54, 1.807) is 0 Å². The number of carboxylic acids is 3. The number of nitrogens with zero attached hydrogens (tertiary/aromatic N) is 1. The molecule has 0 aromatic heterocycles. The summed E-state index contributed by atoms with van der Waals surface area (Å²) in [5.74, 6) is -3.11. The molecule has 0 unspecified atom stereocenters. The summed E-state index contributed by atoms with van der Waals surface area (Å²) in [5.41, 5.74) is 0. The second-order valence-electron chi connectivity index (χ2n) is 1.45. The van der Waals surface area contributed by atoms with E-state index in [1.807, 2.05) is 0 Å². The van der Waals surface area contributed by atoms with E-state index < -0.39 is 17.9 Å². The zero-order valence-corrected chi connectivity index (χ0v) is 11.4. The second-order valence-corrected chi connectivity index (χ2v) is 1.45. The Morgan fingerprint density at radius 1 is 1.07 bits per heavy atom. The summed E-state index contributed by atoms with van der Waals surface area (Å²) < 4.78 is 0. The van der Waals surface area contributed by atoms with Gasteiger partial charge in [0.15, 0.2) is 6.07 Å². The summed E-state index contributed by atoms with van der Waals surface area (Å²) in [7, 11) is 0. The second kappa shape index (κ2) is 23.3. The van der Waals surface area contributed by atoms with Crippen LogP contribution in [0.25, 0.3) is 0 Å². The van der Waals surface area contributed by atoms with Crippen molar-refractivity contribution < 1.29 is 77.5 Å². The topological polar surface area (TPSA) is 136 Å². The fraction of sp³-hybridized carbons (Fsp3) is 0.333. The molecule has 0 aliphatic carbocycles. The van der Waals surface area contributed by atoms with Gasteiger partial charge >= 0.3 is 35.5 Å². The molecule has 0 aromatic carbocycles. The summed E-state index contributed by atoms with van der Waals surface area (Å²) in [6.45, 7) is 2.17. The Morgan fingerprint density at radius 3 is 1.13 bits per heavy atom. The minimum absolute atomic E-state index is 0. The van der Waals surface area contributed by atoms with Crippen molar-refractivity contribution in [2.75, 3.05) is 0 Å². The summed E-state index contributed by atoms with van der Waals surface area (Å²) in [5, 5.41) is 29.5. The maximum Gasteiger partial charge on any atom is 1.00 e. The van der Waals surface area contributed by atoms with Crippen LogP contribution in [0.15, 0.2) is 0 Å². The third-order valence-electron chi connectivity index (χ3n) is 0.0956. The van der Waals surface area contributed by atoms with E-state index in [4.69, 9.17) is 35.0 Å². The van der Waals surface area contributed by atoms with Gasteiger partial charge in [-0.15, -0.1) is 0 Å². The van der Waals surface area contributed by atoms with Crippen LogP contribution in [0.3, 0.4) is 0 Å². The largest absolute Gasteiger partial charge is 1.00 e. The van der Waals surface area contributed by atoms with Gasteiger partial charge in [0.25, 0.3) is 11.9 Å². The van der Waals surface area contributed by atoms with E-state index in [-0.39, 0.29) is 47.8 Å². The molecular weight excluding hydrogens is 264 g/mol. The fourth-order valence-electron chi connectivity index (χ4n) is 0. The molecule has 7 nitrogen and oxygen atoms in total. The Kier molecular flexibility index (Phi) is 45.5. The van der Waals surface area contributed by atoms with Crippen molar-refractivity contribution in [3.8, 4) is 6.07 Å². The number of rotatable bonds is 0. The SMILES string of the molecule is CC(=O)O.CC(=O)O.N#CC(=O)O.[Co].[H-].[Na+]. The van der Waals surface area contributed by atoms with Gasteiger partial charge in [-0.25, -0.2) is 4.79 Å². The Hall–Kier alpha value is -0.594. The predicted octanol–water partition coefficient (Wildman–Crippen LogP) is -3.11. The number of carboxylic acid groups (broad SMARTS) is 3. The molecule has 0 bridgehead atoms. The molecule has 0 heterocycles. The van der Waals surface area contributed by atoms with Gasteiger partial charge in [-0.05, 0) is 0 Å². The molecule has 0 spiro atoms. The van der Waals surface area contributed by atoms with Gasteiger partial charge in [-0.3, -0.25) is 9.59 Å². The maximum atomic E-state index is 9.01. The van der Waals surface area contributed by atoms with Crippen LogP contribution < -0.4 is 29.6 Å². The van der Waals surface area contributed by atoms with Gasteiger partial charge < -0.3 is 16.7 Å². The first-order valence-electron chi connectivity index (χ1n) is 2.76. The maximum absolute atomic E-state index is 9.01. The van der Waals surface area contributed by atoms with Crippen molar-refractivity contribution in [2.24, 2.45) is 0 Å². The summed E-state index contributed by atoms with van der Waals surface area (Å²) in [6.07, 6.45) is 0. The molecule has 0 saturated carbocycles. The third-order valence-corrected chi connectivity index (χ3v) is 0.0956. The van der Waals surface area contributed by atoms with E-state index in [0.29, 0.717) is 0 Å². The molecule has 3 N–H and O–H groups in total. The van der Waals surface area contributed by atoms with Crippen LogP contribution in [0.1, 0.15) is 15.3 Å². The minimum atomic E-state index is -1.44. The first kappa shape index (κ1) is 29.3. The molecule has 0 aliphatic heterocycles. The van der Waals surface area contributed by atoms with Crippen molar-refractivity contribution >= 4 is 17.9 Å². The van der Waals surface area contributed by atoms with E-state index >= 15 is 0 Å². The average molecular weight is 274 g/mol. The zero-order valence-electron chi connectivity index (χ0n) is 9.35. The van der Waals surface area contributed by atoms with Crippen molar-refractivity contribution in [3.05, 3.63) is 0 Å². The van der Waals surface area contributed by atoms with Crippen LogP contribution in [0, 0.1) is 11.3 Å². The van der Waals surface area contributed by atoms with Crippen LogP contribution in [-0.2, 0) is 31.2 Å². The Labute approximate surface area is 120 Å². The van der Waals surface area contributed by atoms with Crippen LogP contribution in [-0.4, -0.2) is 33.2 Å². The van der Waals surface area contributed by atoms with Crippen molar-refractivity contribution in [3.63, 3.8) is 0 Å². The van der Waals surface area contributed by atoms with Gasteiger partial charge in [0.05, 0.1) is 0 Å². The van der Waals surface area contributed by atoms with E-state index in [9.17, 15) is 0 Å². The molecule has 9 heteroatoms. The number of aliphatic carboxylic acids is 3. The average Bonchev–Trinajstić information content (AvgIpc) is 1.84. The van der Waals surface area contributed by atoms with Crippen molar-refractivity contribution in [2.45, 2.75) is 13.8 Å².